The molecule has 16 heavy (non-hydrogen) atoms. The Morgan fingerprint density at radius 3 is 2.19 bits per heavy atom. The lowest BCUT2D eigenvalue weighted by Crippen LogP contribution is -2.18. The molecular formula is C10H14F3N3. The number of hydrogen-bond donors (Lipinski definition) is 0. The second-order valence-electron chi connectivity index (χ2n) is 4.02. The Hall–Kier alpha value is -1.33. The SMILES string of the molecule is CC(C)c1nc(N(C)C)ncc1C(F)(F)F. The first kappa shape index (κ1) is 12.7. The van der Waals surface area contributed by atoms with Crippen molar-refractivity contribution in [1.82, 2.24) is 9.97 Å². The third-order valence-corrected chi connectivity index (χ3v) is 2.06. The minimum atomic E-state index is -4.40. The quantitative estimate of drug-likeness (QED) is 0.786. The molecule has 6 heteroatoms. The van der Waals surface area contributed by atoms with Crippen molar-refractivity contribution in [2.75, 3.05) is 19.0 Å². The van der Waals surface area contributed by atoms with Crippen LogP contribution in [0.4, 0.5) is 19.1 Å². The second-order valence-corrected chi connectivity index (χ2v) is 4.02. The van der Waals surface area contributed by atoms with Gasteiger partial charge in [-0.05, 0) is 5.92 Å². The van der Waals surface area contributed by atoms with Crippen molar-refractivity contribution < 1.29 is 13.2 Å². The molecule has 90 valence electrons. The topological polar surface area (TPSA) is 29.0 Å². The molecule has 0 aliphatic carbocycles. The van der Waals surface area contributed by atoms with Crippen molar-refractivity contribution in [2.24, 2.45) is 0 Å². The highest BCUT2D eigenvalue weighted by atomic mass is 19.4. The van der Waals surface area contributed by atoms with Gasteiger partial charge < -0.3 is 4.90 Å². The summed E-state index contributed by atoms with van der Waals surface area (Å²) in [6.45, 7) is 3.36. The van der Waals surface area contributed by atoms with Gasteiger partial charge in [0.1, 0.15) is 0 Å². The van der Waals surface area contributed by atoms with Gasteiger partial charge in [0.25, 0.3) is 0 Å². The fourth-order valence-electron chi connectivity index (χ4n) is 1.26. The molecule has 3 nitrogen and oxygen atoms in total. The fraction of sp³-hybridized carbons (Fsp3) is 0.600. The summed E-state index contributed by atoms with van der Waals surface area (Å²) in [4.78, 5) is 9.19. The molecule has 0 aromatic carbocycles. The van der Waals surface area contributed by atoms with Crippen molar-refractivity contribution in [1.29, 1.82) is 0 Å². The van der Waals surface area contributed by atoms with E-state index in [1.54, 1.807) is 32.8 Å². The molecule has 0 aliphatic heterocycles. The molecule has 0 bridgehead atoms. The van der Waals surface area contributed by atoms with Gasteiger partial charge in [0.2, 0.25) is 5.95 Å². The molecule has 0 amide bonds. The third-order valence-electron chi connectivity index (χ3n) is 2.06. The summed E-state index contributed by atoms with van der Waals surface area (Å²) in [6.07, 6.45) is -3.55. The molecule has 1 aromatic rings. The van der Waals surface area contributed by atoms with Crippen LogP contribution in [-0.4, -0.2) is 24.1 Å². The number of nitrogens with zero attached hydrogens (tertiary/aromatic N) is 3. The van der Waals surface area contributed by atoms with Gasteiger partial charge in [-0.2, -0.15) is 13.2 Å². The number of aromatic nitrogens is 2. The van der Waals surface area contributed by atoms with E-state index >= 15 is 0 Å². The van der Waals surface area contributed by atoms with Crippen LogP contribution in [-0.2, 0) is 6.18 Å². The van der Waals surface area contributed by atoms with E-state index in [2.05, 4.69) is 9.97 Å². The second kappa shape index (κ2) is 4.27. The largest absolute Gasteiger partial charge is 0.419 e. The molecule has 0 unspecified atom stereocenters. The highest BCUT2D eigenvalue weighted by Crippen LogP contribution is 2.34. The van der Waals surface area contributed by atoms with Crippen LogP contribution >= 0.6 is 0 Å². The lowest BCUT2D eigenvalue weighted by molar-refractivity contribution is -0.138. The average molecular weight is 233 g/mol. The standard InChI is InChI=1S/C10H14F3N3/c1-6(2)8-7(10(11,12)13)5-14-9(15-8)16(3)4/h5-6H,1-4H3. The maximum Gasteiger partial charge on any atom is 0.419 e. The number of hydrogen-bond acceptors (Lipinski definition) is 3. The van der Waals surface area contributed by atoms with Gasteiger partial charge in [-0.15, -0.1) is 0 Å². The minimum Gasteiger partial charge on any atom is -0.347 e. The van der Waals surface area contributed by atoms with Gasteiger partial charge >= 0.3 is 6.18 Å². The van der Waals surface area contributed by atoms with E-state index in [1.807, 2.05) is 0 Å². The molecular weight excluding hydrogens is 219 g/mol. The van der Waals surface area contributed by atoms with Crippen LogP contribution in [0.15, 0.2) is 6.20 Å². The Bertz CT molecular complexity index is 372. The van der Waals surface area contributed by atoms with E-state index in [-0.39, 0.29) is 17.6 Å². The Morgan fingerprint density at radius 2 is 1.81 bits per heavy atom. The van der Waals surface area contributed by atoms with Crippen LogP contribution in [0, 0.1) is 0 Å². The molecule has 0 N–H and O–H groups in total. The summed E-state index contributed by atoms with van der Waals surface area (Å²) >= 11 is 0. The van der Waals surface area contributed by atoms with E-state index < -0.39 is 11.7 Å². The molecule has 1 rings (SSSR count). The van der Waals surface area contributed by atoms with Crippen molar-refractivity contribution in [3.8, 4) is 0 Å². The summed E-state index contributed by atoms with van der Waals surface area (Å²) in [5.41, 5.74) is -0.723. The molecule has 0 atom stereocenters. The smallest absolute Gasteiger partial charge is 0.347 e. The number of halogens is 3. The molecule has 0 radical (unpaired) electrons. The number of alkyl halides is 3. The zero-order valence-electron chi connectivity index (χ0n) is 9.63. The first-order chi connectivity index (χ1) is 7.23. The van der Waals surface area contributed by atoms with Crippen LogP contribution in [0.2, 0.25) is 0 Å². The van der Waals surface area contributed by atoms with Crippen LogP contribution in [0.5, 0.6) is 0 Å². The monoisotopic (exact) mass is 233 g/mol. The van der Waals surface area contributed by atoms with Crippen molar-refractivity contribution >= 4 is 5.95 Å². The maximum absolute atomic E-state index is 12.6. The van der Waals surface area contributed by atoms with E-state index in [9.17, 15) is 13.2 Å². The van der Waals surface area contributed by atoms with Crippen LogP contribution < -0.4 is 4.90 Å². The summed E-state index contributed by atoms with van der Waals surface area (Å²) in [7, 11) is 3.37. The molecule has 1 aromatic heterocycles. The van der Waals surface area contributed by atoms with Gasteiger partial charge in [0.15, 0.2) is 0 Å². The summed E-state index contributed by atoms with van der Waals surface area (Å²) < 4.78 is 37.9. The van der Waals surface area contributed by atoms with Gasteiger partial charge in [-0.1, -0.05) is 13.8 Å². The zero-order valence-corrected chi connectivity index (χ0v) is 9.63. The molecule has 0 saturated heterocycles. The highest BCUT2D eigenvalue weighted by Gasteiger charge is 2.35. The Morgan fingerprint density at radius 1 is 1.25 bits per heavy atom. The number of rotatable bonds is 2. The van der Waals surface area contributed by atoms with Crippen LogP contribution in [0.25, 0.3) is 0 Å². The maximum atomic E-state index is 12.6. The first-order valence-electron chi connectivity index (χ1n) is 4.85. The minimum absolute atomic E-state index is 0.0335. The van der Waals surface area contributed by atoms with Gasteiger partial charge in [0.05, 0.1) is 11.3 Å². The van der Waals surface area contributed by atoms with E-state index in [1.165, 1.54) is 0 Å². The number of anilines is 1. The zero-order chi connectivity index (χ0) is 12.5. The summed E-state index contributed by atoms with van der Waals surface area (Å²) in [5, 5.41) is 0. The van der Waals surface area contributed by atoms with Gasteiger partial charge in [-0.25, -0.2) is 9.97 Å². The molecule has 0 spiro atoms. The average Bonchev–Trinajstić information content (AvgIpc) is 2.15. The predicted molar refractivity (Wildman–Crippen MR) is 55.5 cm³/mol. The molecule has 1 heterocycles. The Kier molecular flexibility index (Phi) is 3.40. The Balaban J connectivity index is 3.31. The lowest BCUT2D eigenvalue weighted by atomic mass is 10.1. The normalized spacial score (nSPS) is 12.0. The van der Waals surface area contributed by atoms with Crippen LogP contribution in [0.1, 0.15) is 31.0 Å². The molecule has 0 fully saturated rings. The van der Waals surface area contributed by atoms with Crippen molar-refractivity contribution in [3.05, 3.63) is 17.5 Å². The lowest BCUT2D eigenvalue weighted by Gasteiger charge is -2.17. The van der Waals surface area contributed by atoms with Crippen molar-refractivity contribution in [2.45, 2.75) is 25.9 Å². The first-order valence-corrected chi connectivity index (χ1v) is 4.85. The van der Waals surface area contributed by atoms with E-state index in [4.69, 9.17) is 0 Å². The summed E-state index contributed by atoms with van der Waals surface area (Å²) in [5.74, 6) is -0.00461. The summed E-state index contributed by atoms with van der Waals surface area (Å²) in [6, 6.07) is 0. The Labute approximate surface area is 92.3 Å². The predicted octanol–water partition coefficient (Wildman–Crippen LogP) is 2.68. The van der Waals surface area contributed by atoms with E-state index in [0.717, 1.165) is 6.20 Å². The third kappa shape index (κ3) is 2.62. The van der Waals surface area contributed by atoms with Gasteiger partial charge in [-0.3, -0.25) is 0 Å². The fourth-order valence-corrected chi connectivity index (χ4v) is 1.26. The van der Waals surface area contributed by atoms with E-state index in [0.29, 0.717) is 0 Å². The van der Waals surface area contributed by atoms with Crippen LogP contribution in [0.3, 0.4) is 0 Å². The molecule has 0 saturated carbocycles. The molecule has 0 aliphatic rings. The van der Waals surface area contributed by atoms with Gasteiger partial charge in [0, 0.05) is 20.3 Å². The highest BCUT2D eigenvalue weighted by molar-refractivity contribution is 5.33. The van der Waals surface area contributed by atoms with Crippen molar-refractivity contribution in [3.63, 3.8) is 0 Å².